The lowest BCUT2D eigenvalue weighted by Crippen LogP contribution is -2.23. The third-order valence-corrected chi connectivity index (χ3v) is 5.57. The summed E-state index contributed by atoms with van der Waals surface area (Å²) in [6.45, 7) is 13.0. The summed E-state index contributed by atoms with van der Waals surface area (Å²) in [5, 5.41) is 4.86. The zero-order chi connectivity index (χ0) is 14.8. The number of hydrogen-bond donors (Lipinski definition) is 1. The fourth-order valence-electron chi connectivity index (χ4n) is 2.56. The van der Waals surface area contributed by atoms with Crippen molar-refractivity contribution in [3.8, 4) is 0 Å². The van der Waals surface area contributed by atoms with Crippen LogP contribution >= 0.6 is 11.3 Å². The Kier molecular flexibility index (Phi) is 5.21. The summed E-state index contributed by atoms with van der Waals surface area (Å²) in [6.07, 6.45) is 4.05. The summed E-state index contributed by atoms with van der Waals surface area (Å²) < 4.78 is 5.66. The van der Waals surface area contributed by atoms with E-state index in [0.717, 1.165) is 19.6 Å². The second-order valence-electron chi connectivity index (χ2n) is 6.82. The summed E-state index contributed by atoms with van der Waals surface area (Å²) >= 11 is 1.85. The van der Waals surface area contributed by atoms with E-state index >= 15 is 0 Å². The van der Waals surface area contributed by atoms with E-state index in [0.29, 0.717) is 12.1 Å². The first-order valence-electron chi connectivity index (χ1n) is 7.70. The number of thiazole rings is 1. The van der Waals surface area contributed by atoms with Gasteiger partial charge in [-0.2, -0.15) is 0 Å². The van der Waals surface area contributed by atoms with Crippen LogP contribution in [-0.2, 0) is 10.2 Å². The van der Waals surface area contributed by atoms with Gasteiger partial charge in [-0.25, -0.2) is 4.98 Å². The molecular formula is C16H28N2OS. The second kappa shape index (κ2) is 6.54. The van der Waals surface area contributed by atoms with Crippen molar-refractivity contribution in [2.45, 2.75) is 71.4 Å². The quantitative estimate of drug-likeness (QED) is 0.892. The van der Waals surface area contributed by atoms with E-state index in [1.54, 1.807) is 0 Å². The van der Waals surface area contributed by atoms with Crippen molar-refractivity contribution in [3.05, 3.63) is 15.6 Å². The van der Waals surface area contributed by atoms with Crippen LogP contribution in [0.1, 0.15) is 68.6 Å². The van der Waals surface area contributed by atoms with Crippen LogP contribution in [-0.4, -0.2) is 24.2 Å². The van der Waals surface area contributed by atoms with E-state index in [1.807, 2.05) is 11.3 Å². The minimum Gasteiger partial charge on any atom is -0.378 e. The number of nitrogens with one attached hydrogen (secondary N) is 1. The molecule has 1 aromatic rings. The van der Waals surface area contributed by atoms with Crippen LogP contribution in [0.2, 0.25) is 0 Å². The number of hydrogen-bond acceptors (Lipinski definition) is 4. The number of aryl methyl sites for hydroxylation is 1. The maximum absolute atomic E-state index is 5.66. The molecule has 0 bridgehead atoms. The van der Waals surface area contributed by atoms with Crippen LogP contribution in [0.5, 0.6) is 0 Å². The highest BCUT2D eigenvalue weighted by atomic mass is 32.1. The van der Waals surface area contributed by atoms with Crippen LogP contribution in [0.4, 0.5) is 0 Å². The lowest BCUT2D eigenvalue weighted by Gasteiger charge is -2.16. The smallest absolute Gasteiger partial charge is 0.0985 e. The van der Waals surface area contributed by atoms with Crippen molar-refractivity contribution in [3.63, 3.8) is 0 Å². The standard InChI is InChI=1S/C16H28N2OS/c1-11(17-9-8-13-7-6-10-19-13)14-12(2)18-15(20-14)16(3,4)5/h11,13,17H,6-10H2,1-5H3. The molecule has 0 radical (unpaired) electrons. The number of aromatic nitrogens is 1. The van der Waals surface area contributed by atoms with Gasteiger partial charge in [-0.05, 0) is 39.7 Å². The normalized spacial score (nSPS) is 21.4. The van der Waals surface area contributed by atoms with Crippen molar-refractivity contribution in [2.24, 2.45) is 0 Å². The average Bonchev–Trinajstić information content (AvgIpc) is 2.97. The third kappa shape index (κ3) is 4.03. The van der Waals surface area contributed by atoms with Crippen molar-refractivity contribution in [1.29, 1.82) is 0 Å². The molecule has 1 aliphatic rings. The van der Waals surface area contributed by atoms with Crippen molar-refractivity contribution >= 4 is 11.3 Å². The Hall–Kier alpha value is -0.450. The van der Waals surface area contributed by atoms with Crippen LogP contribution in [0.15, 0.2) is 0 Å². The van der Waals surface area contributed by atoms with E-state index in [2.05, 4.69) is 39.9 Å². The predicted molar refractivity (Wildman–Crippen MR) is 85.6 cm³/mol. The van der Waals surface area contributed by atoms with Crippen LogP contribution in [0, 0.1) is 6.92 Å². The first kappa shape index (κ1) is 15.9. The van der Waals surface area contributed by atoms with Gasteiger partial charge in [0.15, 0.2) is 0 Å². The summed E-state index contributed by atoms with van der Waals surface area (Å²) in [5.74, 6) is 0. The SMILES string of the molecule is Cc1nc(C(C)(C)C)sc1C(C)NCCC1CCCO1. The summed E-state index contributed by atoms with van der Waals surface area (Å²) in [4.78, 5) is 6.12. The van der Waals surface area contributed by atoms with Crippen molar-refractivity contribution < 1.29 is 4.74 Å². The Morgan fingerprint density at radius 3 is 2.75 bits per heavy atom. The van der Waals surface area contributed by atoms with Crippen LogP contribution in [0.25, 0.3) is 0 Å². The molecule has 114 valence electrons. The maximum atomic E-state index is 5.66. The summed E-state index contributed by atoms with van der Waals surface area (Å²) in [7, 11) is 0. The van der Waals surface area contributed by atoms with Gasteiger partial charge in [0.1, 0.15) is 0 Å². The molecule has 2 atom stereocenters. The van der Waals surface area contributed by atoms with Gasteiger partial charge in [0.2, 0.25) is 0 Å². The van der Waals surface area contributed by atoms with Gasteiger partial charge < -0.3 is 10.1 Å². The molecule has 2 heterocycles. The number of nitrogens with zero attached hydrogens (tertiary/aromatic N) is 1. The van der Waals surface area contributed by atoms with Crippen LogP contribution < -0.4 is 5.32 Å². The van der Waals surface area contributed by atoms with Gasteiger partial charge in [0.25, 0.3) is 0 Å². The first-order chi connectivity index (χ1) is 9.38. The molecule has 0 amide bonds. The molecule has 2 rings (SSSR count). The highest BCUT2D eigenvalue weighted by Gasteiger charge is 2.22. The number of ether oxygens (including phenoxy) is 1. The van der Waals surface area contributed by atoms with E-state index < -0.39 is 0 Å². The average molecular weight is 296 g/mol. The molecule has 1 saturated heterocycles. The molecule has 0 aromatic carbocycles. The van der Waals surface area contributed by atoms with E-state index in [9.17, 15) is 0 Å². The molecule has 1 aromatic heterocycles. The lowest BCUT2D eigenvalue weighted by atomic mass is 9.98. The fraction of sp³-hybridized carbons (Fsp3) is 0.812. The third-order valence-electron chi connectivity index (χ3n) is 3.81. The Bertz CT molecular complexity index is 430. The molecule has 0 aliphatic carbocycles. The monoisotopic (exact) mass is 296 g/mol. The van der Waals surface area contributed by atoms with Crippen LogP contribution in [0.3, 0.4) is 0 Å². The Morgan fingerprint density at radius 1 is 1.45 bits per heavy atom. The molecule has 0 spiro atoms. The molecule has 0 saturated carbocycles. The van der Waals surface area contributed by atoms with Gasteiger partial charge in [0.05, 0.1) is 16.8 Å². The largest absolute Gasteiger partial charge is 0.378 e. The van der Waals surface area contributed by atoms with Crippen molar-refractivity contribution in [2.75, 3.05) is 13.2 Å². The van der Waals surface area contributed by atoms with Gasteiger partial charge in [-0.3, -0.25) is 0 Å². The summed E-state index contributed by atoms with van der Waals surface area (Å²) in [5.41, 5.74) is 1.32. The molecule has 1 N–H and O–H groups in total. The van der Waals surface area contributed by atoms with Gasteiger partial charge in [-0.15, -0.1) is 11.3 Å². The lowest BCUT2D eigenvalue weighted by molar-refractivity contribution is 0.103. The Morgan fingerprint density at radius 2 is 2.20 bits per heavy atom. The Balaban J connectivity index is 1.88. The summed E-state index contributed by atoms with van der Waals surface area (Å²) in [6, 6.07) is 0.380. The Labute approximate surface area is 127 Å². The molecule has 3 nitrogen and oxygen atoms in total. The molecule has 1 aliphatic heterocycles. The van der Waals surface area contributed by atoms with Gasteiger partial charge in [0, 0.05) is 22.9 Å². The molecule has 4 heteroatoms. The van der Waals surface area contributed by atoms with E-state index in [-0.39, 0.29) is 5.41 Å². The fourth-order valence-corrected chi connectivity index (χ4v) is 3.71. The van der Waals surface area contributed by atoms with E-state index in [1.165, 1.54) is 28.4 Å². The molecule has 20 heavy (non-hydrogen) atoms. The minimum atomic E-state index is 0.144. The van der Waals surface area contributed by atoms with Gasteiger partial charge >= 0.3 is 0 Å². The highest BCUT2D eigenvalue weighted by Crippen LogP contribution is 2.32. The minimum absolute atomic E-state index is 0.144. The van der Waals surface area contributed by atoms with E-state index in [4.69, 9.17) is 9.72 Å². The highest BCUT2D eigenvalue weighted by molar-refractivity contribution is 7.12. The molecule has 1 fully saturated rings. The van der Waals surface area contributed by atoms with Crippen molar-refractivity contribution in [1.82, 2.24) is 10.3 Å². The predicted octanol–water partition coefficient (Wildman–Crippen LogP) is 3.97. The molecule has 2 unspecified atom stereocenters. The molecular weight excluding hydrogens is 268 g/mol. The number of rotatable bonds is 5. The van der Waals surface area contributed by atoms with Gasteiger partial charge in [-0.1, -0.05) is 20.8 Å². The maximum Gasteiger partial charge on any atom is 0.0985 e. The first-order valence-corrected chi connectivity index (χ1v) is 8.52. The zero-order valence-electron chi connectivity index (χ0n) is 13.5. The zero-order valence-corrected chi connectivity index (χ0v) is 14.3. The second-order valence-corrected chi connectivity index (χ2v) is 7.85. The topological polar surface area (TPSA) is 34.2 Å².